The lowest BCUT2D eigenvalue weighted by molar-refractivity contribution is 0.0730. The Hall–Kier alpha value is -3.01. The first-order valence-electron chi connectivity index (χ1n) is 9.56. The highest BCUT2D eigenvalue weighted by molar-refractivity contribution is 7.89. The molecule has 9 heteroatoms. The van der Waals surface area contributed by atoms with Crippen molar-refractivity contribution in [2.75, 3.05) is 31.6 Å². The lowest BCUT2D eigenvalue weighted by Crippen LogP contribution is -2.40. The van der Waals surface area contributed by atoms with Gasteiger partial charge in [-0.2, -0.15) is 9.40 Å². The van der Waals surface area contributed by atoms with Crippen LogP contribution in [0, 0.1) is 6.92 Å². The fourth-order valence-electron chi connectivity index (χ4n) is 3.25. The lowest BCUT2D eigenvalue weighted by Gasteiger charge is -2.26. The second kappa shape index (κ2) is 8.39. The van der Waals surface area contributed by atoms with Crippen molar-refractivity contribution in [1.82, 2.24) is 14.1 Å². The number of morpholine rings is 1. The van der Waals surface area contributed by atoms with E-state index in [0.717, 1.165) is 5.69 Å². The summed E-state index contributed by atoms with van der Waals surface area (Å²) in [7, 11) is -3.70. The molecule has 1 aromatic heterocycles. The summed E-state index contributed by atoms with van der Waals surface area (Å²) in [6, 6.07) is 15.9. The fraction of sp³-hybridized carbons (Fsp3) is 0.238. The van der Waals surface area contributed by atoms with E-state index >= 15 is 0 Å². The van der Waals surface area contributed by atoms with Crippen LogP contribution in [-0.4, -0.2) is 54.7 Å². The number of sulfonamides is 1. The quantitative estimate of drug-likeness (QED) is 0.676. The molecule has 3 aromatic rings. The van der Waals surface area contributed by atoms with E-state index in [1.165, 1.54) is 10.4 Å². The van der Waals surface area contributed by atoms with E-state index in [9.17, 15) is 13.2 Å². The Morgan fingerprint density at radius 3 is 2.53 bits per heavy atom. The molecule has 0 aliphatic carbocycles. The fourth-order valence-corrected chi connectivity index (χ4v) is 4.91. The van der Waals surface area contributed by atoms with Crippen LogP contribution < -0.4 is 5.32 Å². The Morgan fingerprint density at radius 2 is 1.80 bits per heavy atom. The number of ether oxygens (including phenoxy) is 1. The van der Waals surface area contributed by atoms with E-state index in [1.807, 2.05) is 30.3 Å². The monoisotopic (exact) mass is 426 g/mol. The van der Waals surface area contributed by atoms with Gasteiger partial charge in [0.2, 0.25) is 10.0 Å². The zero-order valence-corrected chi connectivity index (χ0v) is 17.3. The van der Waals surface area contributed by atoms with Gasteiger partial charge in [0.25, 0.3) is 5.91 Å². The first-order valence-corrected chi connectivity index (χ1v) is 11.0. The summed E-state index contributed by atoms with van der Waals surface area (Å²) in [5.41, 5.74) is 1.71. The smallest absolute Gasteiger partial charge is 0.256 e. The average molecular weight is 426 g/mol. The van der Waals surface area contributed by atoms with E-state index in [1.54, 1.807) is 36.0 Å². The topological polar surface area (TPSA) is 93.5 Å². The molecule has 8 nitrogen and oxygen atoms in total. The van der Waals surface area contributed by atoms with Gasteiger partial charge in [-0.05, 0) is 36.8 Å². The third-order valence-corrected chi connectivity index (χ3v) is 6.93. The number of anilines is 1. The van der Waals surface area contributed by atoms with Crippen LogP contribution in [0.1, 0.15) is 15.9 Å². The summed E-state index contributed by atoms with van der Waals surface area (Å²) in [5.74, 6) is -0.0475. The lowest BCUT2D eigenvalue weighted by atomic mass is 10.1. The van der Waals surface area contributed by atoms with Gasteiger partial charge >= 0.3 is 0 Å². The van der Waals surface area contributed by atoms with Gasteiger partial charge in [-0.25, -0.2) is 13.1 Å². The maximum atomic E-state index is 13.0. The van der Waals surface area contributed by atoms with Crippen molar-refractivity contribution in [3.05, 3.63) is 71.9 Å². The molecule has 4 rings (SSSR count). The van der Waals surface area contributed by atoms with Crippen molar-refractivity contribution >= 4 is 21.7 Å². The van der Waals surface area contributed by atoms with Gasteiger partial charge in [-0.15, -0.1) is 0 Å². The molecule has 0 atom stereocenters. The summed E-state index contributed by atoms with van der Waals surface area (Å²) < 4.78 is 34.3. The third kappa shape index (κ3) is 4.13. The number of rotatable bonds is 5. The number of hydrogen-bond donors (Lipinski definition) is 1. The third-order valence-electron chi connectivity index (χ3n) is 4.89. The van der Waals surface area contributed by atoms with Gasteiger partial charge in [0, 0.05) is 30.9 Å². The molecule has 0 radical (unpaired) electrons. The number of nitrogens with zero attached hydrogens (tertiary/aromatic N) is 3. The van der Waals surface area contributed by atoms with E-state index in [0.29, 0.717) is 37.7 Å². The predicted octanol–water partition coefficient (Wildman–Crippen LogP) is 2.45. The molecular weight excluding hydrogens is 404 g/mol. The van der Waals surface area contributed by atoms with E-state index in [-0.39, 0.29) is 10.5 Å². The number of para-hydroxylation sites is 1. The zero-order chi connectivity index (χ0) is 21.1. The highest BCUT2D eigenvalue weighted by Gasteiger charge is 2.28. The molecule has 1 N–H and O–H groups in total. The first kappa shape index (κ1) is 20.3. The Morgan fingerprint density at radius 1 is 1.07 bits per heavy atom. The molecule has 1 amide bonds. The van der Waals surface area contributed by atoms with Gasteiger partial charge < -0.3 is 10.1 Å². The number of nitrogens with one attached hydrogen (secondary N) is 1. The van der Waals surface area contributed by atoms with Crippen LogP contribution in [0.15, 0.2) is 65.7 Å². The molecule has 1 saturated heterocycles. The van der Waals surface area contributed by atoms with Crippen molar-refractivity contribution < 1.29 is 17.9 Å². The minimum Gasteiger partial charge on any atom is -0.379 e. The molecule has 0 spiro atoms. The normalized spacial score (nSPS) is 15.1. The van der Waals surface area contributed by atoms with Crippen LogP contribution in [-0.2, 0) is 14.8 Å². The van der Waals surface area contributed by atoms with Gasteiger partial charge in [0.15, 0.2) is 5.82 Å². The van der Waals surface area contributed by atoms with Gasteiger partial charge in [-0.3, -0.25) is 4.79 Å². The van der Waals surface area contributed by atoms with Crippen LogP contribution in [0.5, 0.6) is 0 Å². The molecule has 1 aliphatic rings. The molecule has 30 heavy (non-hydrogen) atoms. The standard InChI is InChI=1S/C21H22N4O4S/c1-16-7-8-17(15-19(16)30(27,28)24-11-13-29-14-12-24)21(26)22-20-9-10-25(23-20)18-5-3-2-4-6-18/h2-10,15H,11-14H2,1H3,(H,22,23,26). The predicted molar refractivity (Wildman–Crippen MR) is 112 cm³/mol. The number of carbonyl (C=O) groups excluding carboxylic acids is 1. The summed E-state index contributed by atoms with van der Waals surface area (Å²) in [6.45, 7) is 3.05. The summed E-state index contributed by atoms with van der Waals surface area (Å²) in [6.07, 6.45) is 1.74. The van der Waals surface area contributed by atoms with Crippen molar-refractivity contribution in [2.24, 2.45) is 0 Å². The zero-order valence-electron chi connectivity index (χ0n) is 16.5. The number of hydrogen-bond acceptors (Lipinski definition) is 5. The second-order valence-corrected chi connectivity index (χ2v) is 8.84. The summed E-state index contributed by atoms with van der Waals surface area (Å²) in [4.78, 5) is 12.9. The van der Waals surface area contributed by atoms with E-state index in [4.69, 9.17) is 4.74 Å². The number of amides is 1. The molecule has 1 aliphatic heterocycles. The molecule has 0 unspecified atom stereocenters. The Balaban J connectivity index is 1.55. The molecule has 2 heterocycles. The maximum Gasteiger partial charge on any atom is 0.256 e. The van der Waals surface area contributed by atoms with Crippen LogP contribution in [0.2, 0.25) is 0 Å². The molecule has 1 fully saturated rings. The van der Waals surface area contributed by atoms with Gasteiger partial charge in [-0.1, -0.05) is 24.3 Å². The molecule has 2 aromatic carbocycles. The average Bonchev–Trinajstić information content (AvgIpc) is 3.23. The molecule has 156 valence electrons. The Bertz CT molecular complexity index is 1150. The first-order chi connectivity index (χ1) is 14.4. The van der Waals surface area contributed by atoms with Crippen molar-refractivity contribution in [3.63, 3.8) is 0 Å². The number of carbonyl (C=O) groups is 1. The van der Waals surface area contributed by atoms with Gasteiger partial charge in [0.05, 0.1) is 23.8 Å². The van der Waals surface area contributed by atoms with Crippen molar-refractivity contribution in [2.45, 2.75) is 11.8 Å². The van der Waals surface area contributed by atoms with Crippen LogP contribution in [0.25, 0.3) is 5.69 Å². The second-order valence-electron chi connectivity index (χ2n) is 6.93. The minimum absolute atomic E-state index is 0.131. The molecular formula is C21H22N4O4S. The van der Waals surface area contributed by atoms with E-state index in [2.05, 4.69) is 10.4 Å². The highest BCUT2D eigenvalue weighted by Crippen LogP contribution is 2.23. The molecule has 0 saturated carbocycles. The summed E-state index contributed by atoms with van der Waals surface area (Å²) in [5, 5.41) is 7.08. The molecule has 0 bridgehead atoms. The summed E-state index contributed by atoms with van der Waals surface area (Å²) >= 11 is 0. The van der Waals surface area contributed by atoms with Crippen molar-refractivity contribution in [1.29, 1.82) is 0 Å². The van der Waals surface area contributed by atoms with E-state index < -0.39 is 15.9 Å². The van der Waals surface area contributed by atoms with Gasteiger partial charge in [0.1, 0.15) is 0 Å². The minimum atomic E-state index is -3.70. The van der Waals surface area contributed by atoms with Crippen LogP contribution >= 0.6 is 0 Å². The highest BCUT2D eigenvalue weighted by atomic mass is 32.2. The number of benzene rings is 2. The Kier molecular flexibility index (Phi) is 5.67. The van der Waals surface area contributed by atoms with Crippen LogP contribution in [0.3, 0.4) is 0 Å². The number of aryl methyl sites for hydroxylation is 1. The van der Waals surface area contributed by atoms with Crippen LogP contribution in [0.4, 0.5) is 5.82 Å². The Labute approximate surface area is 175 Å². The SMILES string of the molecule is Cc1ccc(C(=O)Nc2ccn(-c3ccccc3)n2)cc1S(=O)(=O)N1CCOCC1. The van der Waals surface area contributed by atoms with Crippen molar-refractivity contribution in [3.8, 4) is 5.69 Å². The maximum absolute atomic E-state index is 13.0. The number of aromatic nitrogens is 2. The largest absolute Gasteiger partial charge is 0.379 e.